The third kappa shape index (κ3) is 1.54. The quantitative estimate of drug-likeness (QED) is 0.583. The van der Waals surface area contributed by atoms with Crippen LogP contribution in [0.25, 0.3) is 0 Å². The van der Waals surface area contributed by atoms with Crippen LogP contribution in [0.2, 0.25) is 0 Å². The molecule has 0 bridgehead atoms. The summed E-state index contributed by atoms with van der Waals surface area (Å²) in [6.07, 6.45) is 6.59. The summed E-state index contributed by atoms with van der Waals surface area (Å²) in [7, 11) is 0. The summed E-state index contributed by atoms with van der Waals surface area (Å²) in [6.45, 7) is 1.50. The van der Waals surface area contributed by atoms with Crippen LogP contribution in [0.4, 0.5) is 0 Å². The van der Waals surface area contributed by atoms with Gasteiger partial charge in [-0.25, -0.2) is 0 Å². The van der Waals surface area contributed by atoms with E-state index >= 15 is 0 Å². The maximum absolute atomic E-state index is 9.46. The van der Waals surface area contributed by atoms with E-state index in [1.807, 2.05) is 0 Å². The minimum Gasteiger partial charge on any atom is -0.372 e. The summed E-state index contributed by atoms with van der Waals surface area (Å²) in [5.41, 5.74) is -0.920. The van der Waals surface area contributed by atoms with Crippen LogP contribution in [0, 0.1) is 12.3 Å². The van der Waals surface area contributed by atoms with E-state index in [9.17, 15) is 5.11 Å². The van der Waals surface area contributed by atoms with Crippen molar-refractivity contribution < 1.29 is 5.11 Å². The first-order chi connectivity index (χ1) is 5.17. The van der Waals surface area contributed by atoms with Crippen LogP contribution < -0.4 is 0 Å². The predicted molar refractivity (Wildman–Crippen MR) is 40.4 cm³/mol. The van der Waals surface area contributed by atoms with Crippen molar-refractivity contribution in [2.24, 2.45) is 0 Å². The largest absolute Gasteiger partial charge is 0.372 e. The highest BCUT2D eigenvalue weighted by Crippen LogP contribution is 2.14. The Morgan fingerprint density at radius 3 is 2.91 bits per heavy atom. The fourth-order valence-electron chi connectivity index (χ4n) is 0.635. The topological polar surface area (TPSA) is 46.0 Å². The summed E-state index contributed by atoms with van der Waals surface area (Å²) in [5.74, 6) is 2.21. The number of hydrogen-bond donors (Lipinski definition) is 1. The summed E-state index contributed by atoms with van der Waals surface area (Å²) in [4.78, 5) is 0. The van der Waals surface area contributed by atoms with Gasteiger partial charge in [0.15, 0.2) is 5.60 Å². The van der Waals surface area contributed by atoms with E-state index in [-0.39, 0.29) is 0 Å². The van der Waals surface area contributed by atoms with E-state index in [0.717, 1.165) is 0 Å². The van der Waals surface area contributed by atoms with Gasteiger partial charge in [-0.2, -0.15) is 10.2 Å². The Balaban J connectivity index is 3.05. The Hall–Kier alpha value is -1.40. The minimum absolute atomic E-state index is 0.391. The van der Waals surface area contributed by atoms with Gasteiger partial charge in [-0.3, -0.25) is 0 Å². The molecule has 0 saturated carbocycles. The van der Waals surface area contributed by atoms with Gasteiger partial charge in [0.2, 0.25) is 0 Å². The molecule has 3 heteroatoms. The lowest BCUT2D eigenvalue weighted by Gasteiger charge is -2.13. The number of rotatable bonds is 1. The summed E-state index contributed by atoms with van der Waals surface area (Å²) in [5, 5.41) is 16.7. The molecule has 56 valence electrons. The third-order valence-electron chi connectivity index (χ3n) is 1.35. The molecule has 1 rings (SSSR count). The number of nitrogens with zero attached hydrogens (tertiary/aromatic N) is 2. The second-order valence-electron chi connectivity index (χ2n) is 2.33. The zero-order valence-electron chi connectivity index (χ0n) is 6.15. The van der Waals surface area contributed by atoms with Gasteiger partial charge in [-0.05, 0) is 19.1 Å². The van der Waals surface area contributed by atoms with Crippen LogP contribution in [0.15, 0.2) is 18.3 Å². The molecule has 0 spiro atoms. The summed E-state index contributed by atoms with van der Waals surface area (Å²) in [6, 6.07) is 3.31. The van der Waals surface area contributed by atoms with Gasteiger partial charge in [0, 0.05) is 6.20 Å². The average Bonchev–Trinajstić information content (AvgIpc) is 2.06. The molecule has 0 fully saturated rings. The highest BCUT2D eigenvalue weighted by atomic mass is 16.3. The lowest BCUT2D eigenvalue weighted by molar-refractivity contribution is 0.116. The third-order valence-corrected chi connectivity index (χ3v) is 1.35. The van der Waals surface area contributed by atoms with Crippen molar-refractivity contribution >= 4 is 0 Å². The number of hydrogen-bond acceptors (Lipinski definition) is 3. The lowest BCUT2D eigenvalue weighted by Crippen LogP contribution is -2.20. The molecule has 1 heterocycles. The number of terminal acetylenes is 1. The van der Waals surface area contributed by atoms with Crippen molar-refractivity contribution in [1.29, 1.82) is 0 Å². The van der Waals surface area contributed by atoms with Crippen LogP contribution in [0.3, 0.4) is 0 Å². The summed E-state index contributed by atoms with van der Waals surface area (Å²) < 4.78 is 0. The first-order valence-electron chi connectivity index (χ1n) is 3.15. The monoisotopic (exact) mass is 148 g/mol. The van der Waals surface area contributed by atoms with E-state index in [2.05, 4.69) is 16.1 Å². The molecule has 1 aromatic rings. The molecule has 0 aliphatic carbocycles. The molecular weight excluding hydrogens is 140 g/mol. The van der Waals surface area contributed by atoms with E-state index < -0.39 is 5.60 Å². The average molecular weight is 148 g/mol. The molecule has 11 heavy (non-hydrogen) atoms. The van der Waals surface area contributed by atoms with E-state index in [1.165, 1.54) is 13.1 Å². The molecule has 1 atom stereocenters. The zero-order chi connectivity index (χ0) is 8.32. The van der Waals surface area contributed by atoms with Crippen LogP contribution in [0.1, 0.15) is 12.6 Å². The van der Waals surface area contributed by atoms with E-state index in [1.54, 1.807) is 12.1 Å². The Morgan fingerprint density at radius 2 is 2.45 bits per heavy atom. The highest BCUT2D eigenvalue weighted by molar-refractivity contribution is 5.20. The maximum Gasteiger partial charge on any atom is 0.166 e. The second-order valence-corrected chi connectivity index (χ2v) is 2.33. The molecular formula is C8H8N2O. The smallest absolute Gasteiger partial charge is 0.166 e. The van der Waals surface area contributed by atoms with Crippen molar-refractivity contribution in [1.82, 2.24) is 10.2 Å². The van der Waals surface area contributed by atoms with Crippen molar-refractivity contribution in [3.05, 3.63) is 24.0 Å². The molecule has 1 unspecified atom stereocenters. The molecule has 0 amide bonds. The first-order valence-corrected chi connectivity index (χ1v) is 3.15. The molecule has 1 aromatic heterocycles. The van der Waals surface area contributed by atoms with Crippen molar-refractivity contribution in [2.45, 2.75) is 12.5 Å². The minimum atomic E-state index is -1.31. The molecule has 0 aliphatic heterocycles. The van der Waals surface area contributed by atoms with Gasteiger partial charge in [-0.1, -0.05) is 5.92 Å². The van der Waals surface area contributed by atoms with Crippen LogP contribution in [0.5, 0.6) is 0 Å². The highest BCUT2D eigenvalue weighted by Gasteiger charge is 2.20. The van der Waals surface area contributed by atoms with Gasteiger partial charge in [0.05, 0.1) is 0 Å². The number of aromatic nitrogens is 2. The van der Waals surface area contributed by atoms with Crippen molar-refractivity contribution in [2.75, 3.05) is 0 Å². The normalized spacial score (nSPS) is 15.0. The fourth-order valence-corrected chi connectivity index (χ4v) is 0.635. The van der Waals surface area contributed by atoms with Gasteiger partial charge in [-0.15, -0.1) is 6.42 Å². The Morgan fingerprint density at radius 1 is 1.73 bits per heavy atom. The summed E-state index contributed by atoms with van der Waals surface area (Å²) >= 11 is 0. The Labute approximate surface area is 65.1 Å². The Kier molecular flexibility index (Phi) is 1.88. The number of aliphatic hydroxyl groups is 1. The molecule has 3 nitrogen and oxygen atoms in total. The van der Waals surface area contributed by atoms with Gasteiger partial charge < -0.3 is 5.11 Å². The molecule has 1 N–H and O–H groups in total. The van der Waals surface area contributed by atoms with Crippen LogP contribution in [-0.4, -0.2) is 15.3 Å². The standard InChI is InChI=1S/C8H8N2O/c1-3-8(2,11)7-5-4-6-9-10-7/h1,4-6,11H,2H3. The molecule has 0 saturated heterocycles. The van der Waals surface area contributed by atoms with Gasteiger partial charge in [0.1, 0.15) is 5.69 Å². The maximum atomic E-state index is 9.46. The first kappa shape index (κ1) is 7.70. The lowest BCUT2D eigenvalue weighted by atomic mass is 10.0. The fraction of sp³-hybridized carbons (Fsp3) is 0.250. The molecule has 0 aliphatic rings. The zero-order valence-corrected chi connectivity index (χ0v) is 6.15. The predicted octanol–water partition coefficient (Wildman–Crippen LogP) is 0.317. The SMILES string of the molecule is C#CC(C)(O)c1cccnn1. The molecule has 0 radical (unpaired) electrons. The van der Waals surface area contributed by atoms with E-state index in [0.29, 0.717) is 5.69 Å². The second kappa shape index (κ2) is 2.69. The van der Waals surface area contributed by atoms with Crippen molar-refractivity contribution in [3.63, 3.8) is 0 Å². The van der Waals surface area contributed by atoms with Crippen LogP contribution >= 0.6 is 0 Å². The van der Waals surface area contributed by atoms with Crippen LogP contribution in [-0.2, 0) is 5.60 Å². The Bertz CT molecular complexity index is 274. The van der Waals surface area contributed by atoms with Crippen molar-refractivity contribution in [3.8, 4) is 12.3 Å². The molecule has 0 aromatic carbocycles. The van der Waals surface area contributed by atoms with Gasteiger partial charge >= 0.3 is 0 Å². The van der Waals surface area contributed by atoms with Gasteiger partial charge in [0.25, 0.3) is 0 Å². The van der Waals surface area contributed by atoms with E-state index in [4.69, 9.17) is 6.42 Å².